The van der Waals surface area contributed by atoms with E-state index in [1.807, 2.05) is 0 Å². The van der Waals surface area contributed by atoms with Gasteiger partial charge in [-0.05, 0) is 0 Å². The Morgan fingerprint density at radius 3 is 2.63 bits per heavy atom. The number of thiazole rings is 1. The highest BCUT2D eigenvalue weighted by Gasteiger charge is 2.39. The number of rotatable bonds is 1. The maximum atomic E-state index is 13.7. The van der Waals surface area contributed by atoms with Gasteiger partial charge in [-0.15, -0.1) is 11.3 Å². The van der Waals surface area contributed by atoms with E-state index in [-0.39, 0.29) is 16.1 Å². The number of oxazole rings is 1. The third kappa shape index (κ3) is 1.88. The van der Waals surface area contributed by atoms with E-state index in [2.05, 4.69) is 9.97 Å². The fraction of sp³-hybridized carbons (Fsp3) is 0.0909. The summed E-state index contributed by atoms with van der Waals surface area (Å²) < 4.78 is 57.7. The molecule has 0 N–H and O–H groups in total. The zero-order chi connectivity index (χ0) is 13.6. The smallest absolute Gasteiger partial charge is 0.420 e. The van der Waals surface area contributed by atoms with Crippen molar-refractivity contribution in [3.63, 3.8) is 0 Å². The van der Waals surface area contributed by atoms with E-state index >= 15 is 0 Å². The molecular formula is C11H4F4N2OS. The van der Waals surface area contributed by atoms with Gasteiger partial charge in [0.2, 0.25) is 0 Å². The molecule has 0 radical (unpaired) electrons. The molecule has 3 nitrogen and oxygen atoms in total. The monoisotopic (exact) mass is 288 g/mol. The summed E-state index contributed by atoms with van der Waals surface area (Å²) in [5.74, 6) is -1.39. The summed E-state index contributed by atoms with van der Waals surface area (Å²) in [6.07, 6.45) is -2.53. The van der Waals surface area contributed by atoms with Crippen molar-refractivity contribution < 1.29 is 22.0 Å². The van der Waals surface area contributed by atoms with Gasteiger partial charge in [-0.2, -0.15) is 13.2 Å². The molecule has 1 aromatic carbocycles. The van der Waals surface area contributed by atoms with Gasteiger partial charge in [0.25, 0.3) is 0 Å². The number of halogens is 4. The van der Waals surface area contributed by atoms with Crippen molar-refractivity contribution in [3.05, 3.63) is 35.4 Å². The first kappa shape index (κ1) is 12.1. The molecular weight excluding hydrogens is 284 g/mol. The number of hydrogen-bond donors (Lipinski definition) is 0. The second-order valence-electron chi connectivity index (χ2n) is 3.64. The van der Waals surface area contributed by atoms with Crippen molar-refractivity contribution in [3.8, 4) is 10.6 Å². The first-order valence-corrected chi connectivity index (χ1v) is 5.89. The molecule has 19 heavy (non-hydrogen) atoms. The fourth-order valence-electron chi connectivity index (χ4n) is 1.80. The van der Waals surface area contributed by atoms with Gasteiger partial charge in [0.05, 0.1) is 5.56 Å². The molecule has 0 unspecified atom stereocenters. The van der Waals surface area contributed by atoms with E-state index in [9.17, 15) is 17.6 Å². The second kappa shape index (κ2) is 4.02. The van der Waals surface area contributed by atoms with Crippen molar-refractivity contribution in [1.82, 2.24) is 9.97 Å². The van der Waals surface area contributed by atoms with Crippen molar-refractivity contribution in [2.24, 2.45) is 0 Å². The first-order valence-electron chi connectivity index (χ1n) is 5.01. The van der Waals surface area contributed by atoms with Crippen molar-refractivity contribution in [2.45, 2.75) is 6.18 Å². The SMILES string of the molecule is Fc1cc2ncoc2c(-c2nccs2)c1C(F)(F)F. The molecule has 3 rings (SSSR count). The number of alkyl halides is 3. The molecule has 0 saturated heterocycles. The Morgan fingerprint density at radius 1 is 1.21 bits per heavy atom. The van der Waals surface area contributed by atoms with Crippen molar-refractivity contribution >= 4 is 22.4 Å². The van der Waals surface area contributed by atoms with E-state index in [1.54, 1.807) is 0 Å². The summed E-state index contributed by atoms with van der Waals surface area (Å²) in [7, 11) is 0. The molecule has 0 bridgehead atoms. The van der Waals surface area contributed by atoms with Crippen molar-refractivity contribution in [2.75, 3.05) is 0 Å². The van der Waals surface area contributed by atoms with Crippen LogP contribution >= 0.6 is 11.3 Å². The maximum Gasteiger partial charge on any atom is 0.420 e. The zero-order valence-electron chi connectivity index (χ0n) is 9.03. The summed E-state index contributed by atoms with van der Waals surface area (Å²) in [6, 6.07) is 0.707. The topological polar surface area (TPSA) is 38.9 Å². The lowest BCUT2D eigenvalue weighted by atomic mass is 10.1. The van der Waals surface area contributed by atoms with Gasteiger partial charge in [0, 0.05) is 17.6 Å². The van der Waals surface area contributed by atoms with E-state index in [4.69, 9.17) is 4.42 Å². The summed E-state index contributed by atoms with van der Waals surface area (Å²) in [4.78, 5) is 7.47. The molecule has 2 aromatic heterocycles. The van der Waals surface area contributed by atoms with Crippen LogP contribution in [0.3, 0.4) is 0 Å². The van der Waals surface area contributed by atoms with Crippen LogP contribution in [0.25, 0.3) is 21.7 Å². The minimum atomic E-state index is -4.84. The van der Waals surface area contributed by atoms with E-state index in [0.29, 0.717) is 6.07 Å². The molecule has 0 atom stereocenters. The van der Waals surface area contributed by atoms with Gasteiger partial charge in [-0.25, -0.2) is 14.4 Å². The lowest BCUT2D eigenvalue weighted by molar-refractivity contribution is -0.139. The molecule has 2 heterocycles. The second-order valence-corrected chi connectivity index (χ2v) is 4.54. The lowest BCUT2D eigenvalue weighted by Crippen LogP contribution is -2.10. The molecule has 0 fully saturated rings. The first-order chi connectivity index (χ1) is 8.98. The highest BCUT2D eigenvalue weighted by Crippen LogP contribution is 2.43. The molecule has 0 saturated carbocycles. The van der Waals surface area contributed by atoms with Gasteiger partial charge in [-0.3, -0.25) is 0 Å². The average molecular weight is 288 g/mol. The van der Waals surface area contributed by atoms with Crippen molar-refractivity contribution in [1.29, 1.82) is 0 Å². The lowest BCUT2D eigenvalue weighted by Gasteiger charge is -2.12. The molecule has 0 aliphatic carbocycles. The summed E-state index contributed by atoms with van der Waals surface area (Å²) in [5, 5.41) is 1.54. The Kier molecular flexibility index (Phi) is 2.56. The minimum Gasteiger partial charge on any atom is -0.443 e. The van der Waals surface area contributed by atoms with Crippen LogP contribution < -0.4 is 0 Å². The summed E-state index contributed by atoms with van der Waals surface area (Å²) in [5.41, 5.74) is -1.89. The Morgan fingerprint density at radius 2 is 2.00 bits per heavy atom. The van der Waals surface area contributed by atoms with Gasteiger partial charge in [0.15, 0.2) is 12.0 Å². The Balaban J connectivity index is 2.47. The minimum absolute atomic E-state index is 0.0238. The third-order valence-corrected chi connectivity index (χ3v) is 3.29. The van der Waals surface area contributed by atoms with Crippen LogP contribution in [-0.4, -0.2) is 9.97 Å². The van der Waals surface area contributed by atoms with E-state index in [1.165, 1.54) is 11.6 Å². The zero-order valence-corrected chi connectivity index (χ0v) is 9.85. The fourth-order valence-corrected chi connectivity index (χ4v) is 2.48. The highest BCUT2D eigenvalue weighted by molar-refractivity contribution is 7.13. The predicted molar refractivity (Wildman–Crippen MR) is 60.1 cm³/mol. The van der Waals surface area contributed by atoms with Crippen LogP contribution in [0.1, 0.15) is 5.56 Å². The molecule has 98 valence electrons. The normalized spacial score (nSPS) is 12.2. The predicted octanol–water partition coefficient (Wildman–Crippen LogP) is 4.11. The van der Waals surface area contributed by atoms with Crippen LogP contribution in [0.4, 0.5) is 17.6 Å². The number of aromatic nitrogens is 2. The Hall–Kier alpha value is -1.96. The number of nitrogens with zero attached hydrogens (tertiary/aromatic N) is 2. The van der Waals surface area contributed by atoms with Crippen LogP contribution in [0.15, 0.2) is 28.5 Å². The molecule has 0 aliphatic rings. The third-order valence-electron chi connectivity index (χ3n) is 2.50. The van der Waals surface area contributed by atoms with E-state index in [0.717, 1.165) is 17.7 Å². The van der Waals surface area contributed by atoms with Crippen LogP contribution in [0.2, 0.25) is 0 Å². The van der Waals surface area contributed by atoms with Gasteiger partial charge < -0.3 is 4.42 Å². The number of benzene rings is 1. The average Bonchev–Trinajstić information content (AvgIpc) is 2.95. The van der Waals surface area contributed by atoms with Crippen LogP contribution in [0, 0.1) is 5.82 Å². The molecule has 0 aliphatic heterocycles. The van der Waals surface area contributed by atoms with Gasteiger partial charge >= 0.3 is 6.18 Å². The van der Waals surface area contributed by atoms with Crippen LogP contribution in [0.5, 0.6) is 0 Å². The quantitative estimate of drug-likeness (QED) is 0.632. The summed E-state index contributed by atoms with van der Waals surface area (Å²) in [6.45, 7) is 0. The summed E-state index contributed by atoms with van der Waals surface area (Å²) >= 11 is 0.968. The molecule has 8 heteroatoms. The van der Waals surface area contributed by atoms with Gasteiger partial charge in [0.1, 0.15) is 21.9 Å². The Bertz CT molecular complexity index is 733. The molecule has 3 aromatic rings. The standard InChI is InChI=1S/C11H4F4N2OS/c12-5-3-6-9(18-4-17-6)7(8(5)11(13,14)15)10-16-1-2-19-10/h1-4H. The van der Waals surface area contributed by atoms with E-state index < -0.39 is 23.1 Å². The number of fused-ring (bicyclic) bond motifs is 1. The molecule has 0 amide bonds. The highest BCUT2D eigenvalue weighted by atomic mass is 32.1. The Labute approximate surface area is 107 Å². The largest absolute Gasteiger partial charge is 0.443 e. The molecule has 0 spiro atoms. The maximum absolute atomic E-state index is 13.7. The van der Waals surface area contributed by atoms with Crippen LogP contribution in [-0.2, 0) is 6.18 Å². The number of hydrogen-bond acceptors (Lipinski definition) is 4. The van der Waals surface area contributed by atoms with Gasteiger partial charge in [-0.1, -0.05) is 0 Å².